The number of benzene rings is 2. The predicted molar refractivity (Wildman–Crippen MR) is 90.9 cm³/mol. The van der Waals surface area contributed by atoms with Gasteiger partial charge in [-0.05, 0) is 19.4 Å². The number of fused-ring (bicyclic) bond motifs is 2. The average Bonchev–Trinajstić information content (AvgIpc) is 3.17. The van der Waals surface area contributed by atoms with Gasteiger partial charge in [0.2, 0.25) is 6.79 Å². The highest BCUT2D eigenvalue weighted by molar-refractivity contribution is 5.84. The summed E-state index contributed by atoms with van der Waals surface area (Å²) in [5.74, 6) is 2.40. The summed E-state index contributed by atoms with van der Waals surface area (Å²) in [4.78, 5) is 4.82. The highest BCUT2D eigenvalue weighted by atomic mass is 16.7. The fourth-order valence-electron chi connectivity index (χ4n) is 3.06. The molecule has 2 aromatic carbocycles. The second kappa shape index (κ2) is 5.89. The van der Waals surface area contributed by atoms with E-state index in [9.17, 15) is 0 Å². The minimum absolute atomic E-state index is 0.251. The van der Waals surface area contributed by atoms with Crippen LogP contribution >= 0.6 is 0 Å². The lowest BCUT2D eigenvalue weighted by Gasteiger charge is -2.09. The maximum Gasteiger partial charge on any atom is 0.231 e. The molecule has 5 nitrogen and oxygen atoms in total. The van der Waals surface area contributed by atoms with Crippen LogP contribution in [-0.2, 0) is 6.54 Å². The molecule has 0 bridgehead atoms. The molecule has 0 fully saturated rings. The molecule has 0 atom stereocenters. The number of nitrogens with zero attached hydrogens (tertiary/aromatic N) is 3. The van der Waals surface area contributed by atoms with Crippen LogP contribution in [0.3, 0.4) is 0 Å². The van der Waals surface area contributed by atoms with Crippen molar-refractivity contribution in [1.29, 1.82) is 5.26 Å². The maximum absolute atomic E-state index is 8.85. The number of unbranched alkanes of at least 4 members (excludes halogenated alkanes) is 1. The van der Waals surface area contributed by atoms with Crippen LogP contribution in [-0.4, -0.2) is 16.3 Å². The van der Waals surface area contributed by atoms with Crippen molar-refractivity contribution in [2.75, 3.05) is 6.79 Å². The Labute approximate surface area is 140 Å². The average molecular weight is 319 g/mol. The van der Waals surface area contributed by atoms with Gasteiger partial charge in [-0.25, -0.2) is 4.98 Å². The van der Waals surface area contributed by atoms with Gasteiger partial charge in [-0.1, -0.05) is 23.8 Å². The Bertz CT molecular complexity index is 953. The standard InChI is InChI=1S/C19H17N3O2/c1-13-5-4-6-14(9-13)19-21-15-10-17-18(24-12-23-17)11-16(15)22(19)8-3-2-7-20/h4-6,9-11H,2-3,8,12H2,1H3. The van der Waals surface area contributed by atoms with Crippen LogP contribution in [0.1, 0.15) is 18.4 Å². The van der Waals surface area contributed by atoms with Gasteiger partial charge in [-0.15, -0.1) is 0 Å². The summed E-state index contributed by atoms with van der Waals surface area (Å²) in [7, 11) is 0. The first-order valence-corrected chi connectivity index (χ1v) is 8.00. The number of hydrogen-bond acceptors (Lipinski definition) is 4. The molecular formula is C19H17N3O2. The van der Waals surface area contributed by atoms with E-state index in [-0.39, 0.29) is 6.79 Å². The lowest BCUT2D eigenvalue weighted by molar-refractivity contribution is 0.174. The van der Waals surface area contributed by atoms with Gasteiger partial charge < -0.3 is 14.0 Å². The van der Waals surface area contributed by atoms with Crippen molar-refractivity contribution in [2.24, 2.45) is 0 Å². The quantitative estimate of drug-likeness (QED) is 0.681. The summed E-state index contributed by atoms with van der Waals surface area (Å²) < 4.78 is 13.1. The van der Waals surface area contributed by atoms with Crippen molar-refractivity contribution in [1.82, 2.24) is 9.55 Å². The molecule has 3 aromatic rings. The molecule has 1 aliphatic rings. The van der Waals surface area contributed by atoms with E-state index in [2.05, 4.69) is 35.8 Å². The molecule has 0 unspecified atom stereocenters. The molecule has 5 heteroatoms. The van der Waals surface area contributed by atoms with Gasteiger partial charge in [-0.3, -0.25) is 0 Å². The third-order valence-electron chi connectivity index (χ3n) is 4.19. The first-order valence-electron chi connectivity index (χ1n) is 8.00. The Morgan fingerprint density at radius 3 is 2.83 bits per heavy atom. The van der Waals surface area contributed by atoms with E-state index >= 15 is 0 Å². The topological polar surface area (TPSA) is 60.1 Å². The molecular weight excluding hydrogens is 302 g/mol. The van der Waals surface area contributed by atoms with E-state index in [1.165, 1.54) is 5.56 Å². The fraction of sp³-hybridized carbons (Fsp3) is 0.263. The highest BCUT2D eigenvalue weighted by Crippen LogP contribution is 2.37. The fourth-order valence-corrected chi connectivity index (χ4v) is 3.06. The maximum atomic E-state index is 8.85. The van der Waals surface area contributed by atoms with Gasteiger partial charge in [0.1, 0.15) is 5.82 Å². The van der Waals surface area contributed by atoms with Crippen molar-refractivity contribution in [2.45, 2.75) is 26.3 Å². The molecule has 0 aliphatic carbocycles. The molecule has 1 aromatic heterocycles. The first kappa shape index (κ1) is 14.6. The van der Waals surface area contributed by atoms with E-state index in [1.54, 1.807) is 0 Å². The minimum Gasteiger partial charge on any atom is -0.454 e. The van der Waals surface area contributed by atoms with Gasteiger partial charge in [0.05, 0.1) is 17.1 Å². The summed E-state index contributed by atoms with van der Waals surface area (Å²) >= 11 is 0. The van der Waals surface area contributed by atoms with Crippen LogP contribution in [0.25, 0.3) is 22.4 Å². The second-order valence-electron chi connectivity index (χ2n) is 5.91. The minimum atomic E-state index is 0.251. The summed E-state index contributed by atoms with van der Waals surface area (Å²) in [6, 6.07) is 14.4. The highest BCUT2D eigenvalue weighted by Gasteiger charge is 2.19. The van der Waals surface area contributed by atoms with Crippen LogP contribution in [0.5, 0.6) is 11.5 Å². The molecule has 0 saturated heterocycles. The zero-order valence-corrected chi connectivity index (χ0v) is 13.5. The Morgan fingerprint density at radius 1 is 1.21 bits per heavy atom. The van der Waals surface area contributed by atoms with Crippen LogP contribution in [0.4, 0.5) is 0 Å². The van der Waals surface area contributed by atoms with Gasteiger partial charge in [0.15, 0.2) is 11.5 Å². The smallest absolute Gasteiger partial charge is 0.231 e. The molecule has 24 heavy (non-hydrogen) atoms. The summed E-state index contributed by atoms with van der Waals surface area (Å²) in [6.45, 7) is 3.07. The van der Waals surface area contributed by atoms with Crippen LogP contribution in [0.15, 0.2) is 36.4 Å². The van der Waals surface area contributed by atoms with Gasteiger partial charge >= 0.3 is 0 Å². The Kier molecular flexibility index (Phi) is 3.58. The number of ether oxygens (including phenoxy) is 2. The molecule has 0 saturated carbocycles. The molecule has 4 rings (SSSR count). The number of hydrogen-bond donors (Lipinski definition) is 0. The molecule has 2 heterocycles. The van der Waals surface area contributed by atoms with Crippen molar-refractivity contribution in [3.63, 3.8) is 0 Å². The van der Waals surface area contributed by atoms with Gasteiger partial charge in [-0.2, -0.15) is 5.26 Å². The van der Waals surface area contributed by atoms with Crippen molar-refractivity contribution >= 4 is 11.0 Å². The van der Waals surface area contributed by atoms with Crippen molar-refractivity contribution in [3.8, 4) is 29.0 Å². The van der Waals surface area contributed by atoms with E-state index in [0.717, 1.165) is 46.9 Å². The van der Waals surface area contributed by atoms with E-state index < -0.39 is 0 Å². The number of rotatable bonds is 4. The van der Waals surface area contributed by atoms with Crippen LogP contribution in [0.2, 0.25) is 0 Å². The Balaban J connectivity index is 1.88. The monoisotopic (exact) mass is 319 g/mol. The molecule has 0 spiro atoms. The molecule has 0 N–H and O–H groups in total. The number of imidazole rings is 1. The van der Waals surface area contributed by atoms with Gasteiger partial charge in [0, 0.05) is 30.7 Å². The van der Waals surface area contributed by atoms with Crippen LogP contribution in [0, 0.1) is 18.3 Å². The van der Waals surface area contributed by atoms with Crippen molar-refractivity contribution < 1.29 is 9.47 Å². The second-order valence-corrected chi connectivity index (χ2v) is 5.91. The molecule has 120 valence electrons. The third kappa shape index (κ3) is 2.46. The number of nitriles is 1. The largest absolute Gasteiger partial charge is 0.454 e. The number of aryl methyl sites for hydroxylation is 2. The zero-order chi connectivity index (χ0) is 16.5. The Hall–Kier alpha value is -3.00. The lowest BCUT2D eigenvalue weighted by atomic mass is 10.1. The molecule has 0 radical (unpaired) electrons. The van der Waals surface area contributed by atoms with E-state index in [1.807, 2.05) is 18.2 Å². The Morgan fingerprint density at radius 2 is 2.04 bits per heavy atom. The molecule has 1 aliphatic heterocycles. The van der Waals surface area contributed by atoms with Crippen molar-refractivity contribution in [3.05, 3.63) is 42.0 Å². The van der Waals surface area contributed by atoms with E-state index in [4.69, 9.17) is 19.7 Å². The lowest BCUT2D eigenvalue weighted by Crippen LogP contribution is -2.01. The van der Waals surface area contributed by atoms with Crippen LogP contribution < -0.4 is 9.47 Å². The predicted octanol–water partition coefficient (Wildman–Crippen LogP) is 4.04. The van der Waals surface area contributed by atoms with E-state index in [0.29, 0.717) is 6.42 Å². The SMILES string of the molecule is Cc1cccc(-c2nc3cc4c(cc3n2CCCC#N)OCO4)c1. The first-order chi connectivity index (χ1) is 11.8. The summed E-state index contributed by atoms with van der Waals surface area (Å²) in [5.41, 5.74) is 4.16. The summed E-state index contributed by atoms with van der Waals surface area (Å²) in [6.07, 6.45) is 1.31. The number of aromatic nitrogens is 2. The normalized spacial score (nSPS) is 12.5. The molecule has 0 amide bonds. The third-order valence-corrected chi connectivity index (χ3v) is 4.19. The summed E-state index contributed by atoms with van der Waals surface area (Å²) in [5, 5.41) is 8.85. The zero-order valence-electron chi connectivity index (χ0n) is 13.5. The van der Waals surface area contributed by atoms with Gasteiger partial charge in [0.25, 0.3) is 0 Å².